The van der Waals surface area contributed by atoms with Gasteiger partial charge in [0.05, 0.1) is 7.11 Å². The van der Waals surface area contributed by atoms with Crippen LogP contribution in [0.25, 0.3) is 0 Å². The molecule has 0 amide bonds. The van der Waals surface area contributed by atoms with Crippen molar-refractivity contribution in [1.82, 2.24) is 0 Å². The van der Waals surface area contributed by atoms with Crippen LogP contribution in [0.5, 0.6) is 5.75 Å². The van der Waals surface area contributed by atoms with E-state index >= 15 is 0 Å². The largest absolute Gasteiger partial charge is 0.497 e. The molecule has 2 bridgehead atoms. The first kappa shape index (κ1) is 13.2. The zero-order valence-corrected chi connectivity index (χ0v) is 11.7. The average molecular weight is 272 g/mol. The van der Waals surface area contributed by atoms with Gasteiger partial charge in [-0.1, -0.05) is 24.3 Å². The monoisotopic (exact) mass is 272 g/mol. The van der Waals surface area contributed by atoms with Crippen molar-refractivity contribution < 1.29 is 14.6 Å². The Labute approximate surface area is 119 Å². The highest BCUT2D eigenvalue weighted by Crippen LogP contribution is 2.54. The quantitative estimate of drug-likeness (QED) is 0.835. The van der Waals surface area contributed by atoms with Crippen molar-refractivity contribution in [3.05, 3.63) is 42.0 Å². The Hall–Kier alpha value is -1.77. The summed E-state index contributed by atoms with van der Waals surface area (Å²) >= 11 is 0. The lowest BCUT2D eigenvalue weighted by atomic mass is 9.76. The second kappa shape index (κ2) is 5.31. The molecular formula is C17H20O3. The molecule has 0 heterocycles. The Morgan fingerprint density at radius 2 is 2.15 bits per heavy atom. The summed E-state index contributed by atoms with van der Waals surface area (Å²) in [6.45, 7) is 0. The van der Waals surface area contributed by atoms with E-state index in [9.17, 15) is 4.79 Å². The minimum absolute atomic E-state index is 0.266. The number of methoxy groups -OCH3 is 1. The van der Waals surface area contributed by atoms with Gasteiger partial charge in [-0.25, -0.2) is 0 Å². The van der Waals surface area contributed by atoms with E-state index in [-0.39, 0.29) is 6.42 Å². The van der Waals surface area contributed by atoms with Crippen molar-refractivity contribution in [3.63, 3.8) is 0 Å². The van der Waals surface area contributed by atoms with Crippen molar-refractivity contribution in [3.8, 4) is 5.75 Å². The number of hydrogen-bond donors (Lipinski definition) is 1. The van der Waals surface area contributed by atoms with Crippen molar-refractivity contribution in [2.24, 2.45) is 17.8 Å². The van der Waals surface area contributed by atoms with Crippen LogP contribution in [0.15, 0.2) is 36.4 Å². The van der Waals surface area contributed by atoms with Gasteiger partial charge in [-0.05, 0) is 54.2 Å². The third kappa shape index (κ3) is 2.33. The van der Waals surface area contributed by atoms with E-state index in [1.807, 2.05) is 12.1 Å². The van der Waals surface area contributed by atoms with Gasteiger partial charge >= 0.3 is 5.97 Å². The predicted octanol–water partition coefficient (Wildman–Crippen LogP) is 3.47. The topological polar surface area (TPSA) is 46.5 Å². The molecule has 0 radical (unpaired) electrons. The van der Waals surface area contributed by atoms with Crippen LogP contribution in [0.3, 0.4) is 0 Å². The van der Waals surface area contributed by atoms with Crippen LogP contribution in [0.2, 0.25) is 0 Å². The molecule has 1 fully saturated rings. The van der Waals surface area contributed by atoms with Gasteiger partial charge in [-0.2, -0.15) is 0 Å². The SMILES string of the molecule is COc1cccc(C2C3C=CC(C3)C2CCC(=O)O)c1. The predicted molar refractivity (Wildman–Crippen MR) is 76.8 cm³/mol. The lowest BCUT2D eigenvalue weighted by Crippen LogP contribution is -2.19. The van der Waals surface area contributed by atoms with E-state index in [4.69, 9.17) is 9.84 Å². The fraction of sp³-hybridized carbons (Fsp3) is 0.471. The van der Waals surface area contributed by atoms with Crippen LogP contribution >= 0.6 is 0 Å². The van der Waals surface area contributed by atoms with E-state index in [1.165, 1.54) is 12.0 Å². The molecule has 3 nitrogen and oxygen atoms in total. The zero-order valence-electron chi connectivity index (χ0n) is 11.7. The summed E-state index contributed by atoms with van der Waals surface area (Å²) in [5.74, 6) is 2.20. The van der Waals surface area contributed by atoms with Crippen molar-refractivity contribution >= 4 is 5.97 Å². The third-order valence-corrected chi connectivity index (χ3v) is 4.79. The van der Waals surface area contributed by atoms with Gasteiger partial charge in [0.1, 0.15) is 5.75 Å². The molecule has 3 heteroatoms. The Bertz CT molecular complexity index is 535. The number of carboxylic acids is 1. The van der Waals surface area contributed by atoms with E-state index in [2.05, 4.69) is 24.3 Å². The normalized spacial score (nSPS) is 30.6. The molecule has 4 atom stereocenters. The number of ether oxygens (including phenoxy) is 1. The second-order valence-electron chi connectivity index (χ2n) is 5.85. The minimum atomic E-state index is -0.693. The Morgan fingerprint density at radius 1 is 1.35 bits per heavy atom. The Morgan fingerprint density at radius 3 is 2.90 bits per heavy atom. The highest BCUT2D eigenvalue weighted by atomic mass is 16.5. The molecule has 106 valence electrons. The highest BCUT2D eigenvalue weighted by molar-refractivity contribution is 5.66. The summed E-state index contributed by atoms with van der Waals surface area (Å²) < 4.78 is 5.32. The van der Waals surface area contributed by atoms with Gasteiger partial charge in [0.15, 0.2) is 0 Å². The Balaban J connectivity index is 1.85. The molecule has 0 aromatic heterocycles. The minimum Gasteiger partial charge on any atom is -0.497 e. The van der Waals surface area contributed by atoms with Crippen LogP contribution in [0, 0.1) is 17.8 Å². The van der Waals surface area contributed by atoms with Gasteiger partial charge in [-0.3, -0.25) is 4.79 Å². The standard InChI is InChI=1S/C17H20O3/c1-20-14-4-2-3-12(10-14)17-13-6-5-11(9-13)15(17)7-8-16(18)19/h2-6,10-11,13,15,17H,7-9H2,1H3,(H,18,19). The number of carboxylic acid groups (broad SMARTS) is 1. The zero-order chi connectivity index (χ0) is 14.1. The number of fused-ring (bicyclic) bond motifs is 2. The summed E-state index contributed by atoms with van der Waals surface area (Å²) in [6.07, 6.45) is 6.80. The van der Waals surface area contributed by atoms with Gasteiger partial charge < -0.3 is 9.84 Å². The van der Waals surface area contributed by atoms with Crippen LogP contribution in [0.1, 0.15) is 30.7 Å². The lowest BCUT2D eigenvalue weighted by Gasteiger charge is -2.28. The molecule has 4 unspecified atom stereocenters. The first-order chi connectivity index (χ1) is 9.69. The molecular weight excluding hydrogens is 252 g/mol. The molecule has 0 aliphatic heterocycles. The summed E-state index contributed by atoms with van der Waals surface area (Å²) in [4.78, 5) is 10.9. The van der Waals surface area contributed by atoms with E-state index in [0.717, 1.165) is 12.2 Å². The van der Waals surface area contributed by atoms with Gasteiger partial charge in [0.2, 0.25) is 0 Å². The maximum atomic E-state index is 10.9. The molecule has 0 spiro atoms. The van der Waals surface area contributed by atoms with E-state index in [0.29, 0.717) is 23.7 Å². The Kier molecular flexibility index (Phi) is 3.51. The molecule has 2 aliphatic rings. The van der Waals surface area contributed by atoms with Crippen LogP contribution in [-0.4, -0.2) is 18.2 Å². The fourth-order valence-electron chi connectivity index (χ4n) is 3.95. The van der Waals surface area contributed by atoms with Crippen LogP contribution in [0.4, 0.5) is 0 Å². The first-order valence-corrected chi connectivity index (χ1v) is 7.23. The number of allylic oxidation sites excluding steroid dienone is 2. The second-order valence-corrected chi connectivity index (χ2v) is 5.85. The number of aliphatic carboxylic acids is 1. The van der Waals surface area contributed by atoms with Gasteiger partial charge in [0, 0.05) is 6.42 Å². The average Bonchev–Trinajstić information content (AvgIpc) is 3.05. The molecule has 2 aliphatic carbocycles. The van der Waals surface area contributed by atoms with E-state index < -0.39 is 5.97 Å². The highest BCUT2D eigenvalue weighted by Gasteiger charge is 2.44. The molecule has 20 heavy (non-hydrogen) atoms. The molecule has 1 saturated carbocycles. The van der Waals surface area contributed by atoms with Crippen LogP contribution < -0.4 is 4.74 Å². The maximum absolute atomic E-state index is 10.9. The smallest absolute Gasteiger partial charge is 0.303 e. The number of rotatable bonds is 5. The number of hydrogen-bond acceptors (Lipinski definition) is 2. The maximum Gasteiger partial charge on any atom is 0.303 e. The summed E-state index contributed by atoms with van der Waals surface area (Å²) in [6, 6.07) is 8.24. The van der Waals surface area contributed by atoms with Gasteiger partial charge in [-0.15, -0.1) is 0 Å². The number of benzene rings is 1. The first-order valence-electron chi connectivity index (χ1n) is 7.23. The summed E-state index contributed by atoms with van der Waals surface area (Å²) in [7, 11) is 1.68. The van der Waals surface area contributed by atoms with Crippen molar-refractivity contribution in [2.75, 3.05) is 7.11 Å². The number of carbonyl (C=O) groups is 1. The van der Waals surface area contributed by atoms with E-state index in [1.54, 1.807) is 7.11 Å². The van der Waals surface area contributed by atoms with Crippen LogP contribution in [-0.2, 0) is 4.79 Å². The summed E-state index contributed by atoms with van der Waals surface area (Å²) in [5.41, 5.74) is 1.29. The third-order valence-electron chi connectivity index (χ3n) is 4.79. The molecule has 0 saturated heterocycles. The molecule has 1 N–H and O–H groups in total. The fourth-order valence-corrected chi connectivity index (χ4v) is 3.95. The van der Waals surface area contributed by atoms with Gasteiger partial charge in [0.25, 0.3) is 0 Å². The molecule has 1 aromatic carbocycles. The lowest BCUT2D eigenvalue weighted by molar-refractivity contribution is -0.137. The molecule has 1 aromatic rings. The molecule has 3 rings (SSSR count). The van der Waals surface area contributed by atoms with Crippen molar-refractivity contribution in [1.29, 1.82) is 0 Å². The summed E-state index contributed by atoms with van der Waals surface area (Å²) in [5, 5.41) is 8.94. The van der Waals surface area contributed by atoms with Crippen molar-refractivity contribution in [2.45, 2.75) is 25.2 Å².